The lowest BCUT2D eigenvalue weighted by atomic mass is 9.94. The first-order chi connectivity index (χ1) is 10.3. The van der Waals surface area contributed by atoms with E-state index in [2.05, 4.69) is 40.7 Å². The third-order valence-electron chi connectivity index (χ3n) is 4.31. The van der Waals surface area contributed by atoms with Crippen LogP contribution in [0.1, 0.15) is 24.8 Å². The molecule has 21 heavy (non-hydrogen) atoms. The van der Waals surface area contributed by atoms with Gasteiger partial charge in [-0.05, 0) is 30.7 Å². The standard InChI is InChI=1S/C17H23N3O/c21-10-9-20-13-16(12-18-20)19-17-8-4-7-15(17)11-14-5-2-1-3-6-14/h1-3,5-6,12-13,15,17,19,21H,4,7-11H2. The van der Waals surface area contributed by atoms with Crippen LogP contribution in [-0.2, 0) is 13.0 Å². The predicted molar refractivity (Wildman–Crippen MR) is 84.2 cm³/mol. The number of aliphatic hydroxyl groups excluding tert-OH is 1. The summed E-state index contributed by atoms with van der Waals surface area (Å²) >= 11 is 0. The minimum atomic E-state index is 0.126. The van der Waals surface area contributed by atoms with Crippen molar-refractivity contribution < 1.29 is 5.11 Å². The Morgan fingerprint density at radius 2 is 2.10 bits per heavy atom. The molecule has 112 valence electrons. The zero-order valence-corrected chi connectivity index (χ0v) is 12.3. The van der Waals surface area contributed by atoms with E-state index in [1.807, 2.05) is 12.4 Å². The number of nitrogens with one attached hydrogen (secondary N) is 1. The molecule has 0 spiro atoms. The van der Waals surface area contributed by atoms with Crippen LogP contribution in [0.25, 0.3) is 0 Å². The van der Waals surface area contributed by atoms with Crippen molar-refractivity contribution >= 4 is 5.69 Å². The molecule has 2 aromatic rings. The van der Waals surface area contributed by atoms with Crippen molar-refractivity contribution in [3.63, 3.8) is 0 Å². The van der Waals surface area contributed by atoms with Crippen LogP contribution < -0.4 is 5.32 Å². The van der Waals surface area contributed by atoms with E-state index >= 15 is 0 Å². The molecule has 2 atom stereocenters. The van der Waals surface area contributed by atoms with Crippen LogP contribution >= 0.6 is 0 Å². The molecule has 0 saturated heterocycles. The first-order valence-corrected chi connectivity index (χ1v) is 7.79. The minimum absolute atomic E-state index is 0.126. The maximum absolute atomic E-state index is 8.94. The van der Waals surface area contributed by atoms with E-state index < -0.39 is 0 Å². The van der Waals surface area contributed by atoms with Crippen LogP contribution in [0, 0.1) is 5.92 Å². The number of hydrogen-bond acceptors (Lipinski definition) is 3. The van der Waals surface area contributed by atoms with Crippen LogP contribution in [-0.4, -0.2) is 27.5 Å². The number of aliphatic hydroxyl groups is 1. The second-order valence-corrected chi connectivity index (χ2v) is 5.85. The van der Waals surface area contributed by atoms with Gasteiger partial charge in [0, 0.05) is 12.2 Å². The van der Waals surface area contributed by atoms with Crippen molar-refractivity contribution in [1.29, 1.82) is 0 Å². The van der Waals surface area contributed by atoms with Gasteiger partial charge in [-0.15, -0.1) is 0 Å². The van der Waals surface area contributed by atoms with Gasteiger partial charge in [-0.25, -0.2) is 0 Å². The quantitative estimate of drug-likeness (QED) is 0.858. The van der Waals surface area contributed by atoms with Gasteiger partial charge >= 0.3 is 0 Å². The van der Waals surface area contributed by atoms with Crippen LogP contribution in [0.15, 0.2) is 42.7 Å². The molecule has 0 amide bonds. The number of anilines is 1. The number of aromatic nitrogens is 2. The molecule has 2 unspecified atom stereocenters. The lowest BCUT2D eigenvalue weighted by molar-refractivity contribution is 0.269. The molecule has 1 aromatic carbocycles. The minimum Gasteiger partial charge on any atom is -0.394 e. The summed E-state index contributed by atoms with van der Waals surface area (Å²) in [6.07, 6.45) is 8.78. The molecule has 3 rings (SSSR count). The third-order valence-corrected chi connectivity index (χ3v) is 4.31. The van der Waals surface area contributed by atoms with Crippen molar-refractivity contribution in [1.82, 2.24) is 9.78 Å². The van der Waals surface area contributed by atoms with E-state index in [-0.39, 0.29) is 6.61 Å². The maximum atomic E-state index is 8.94. The van der Waals surface area contributed by atoms with Crippen molar-refractivity contribution in [3.8, 4) is 0 Å². The smallest absolute Gasteiger partial charge is 0.0728 e. The molecule has 0 radical (unpaired) electrons. The van der Waals surface area contributed by atoms with E-state index in [1.165, 1.54) is 24.8 Å². The highest BCUT2D eigenvalue weighted by atomic mass is 16.3. The van der Waals surface area contributed by atoms with E-state index in [1.54, 1.807) is 4.68 Å². The van der Waals surface area contributed by atoms with Crippen molar-refractivity contribution in [2.75, 3.05) is 11.9 Å². The Morgan fingerprint density at radius 1 is 1.24 bits per heavy atom. The van der Waals surface area contributed by atoms with Crippen LogP contribution in [0.5, 0.6) is 0 Å². The summed E-state index contributed by atoms with van der Waals surface area (Å²) in [5.74, 6) is 0.689. The zero-order chi connectivity index (χ0) is 14.5. The highest BCUT2D eigenvalue weighted by Gasteiger charge is 2.27. The van der Waals surface area contributed by atoms with Gasteiger partial charge in [-0.1, -0.05) is 36.8 Å². The SMILES string of the molecule is OCCn1cc(NC2CCCC2Cc2ccccc2)cn1. The lowest BCUT2D eigenvalue weighted by Crippen LogP contribution is -2.25. The summed E-state index contributed by atoms with van der Waals surface area (Å²) in [5.41, 5.74) is 2.49. The predicted octanol–water partition coefficient (Wildman–Crippen LogP) is 2.70. The van der Waals surface area contributed by atoms with Gasteiger partial charge in [0.05, 0.1) is 25.0 Å². The Kier molecular flexibility index (Phi) is 4.55. The second kappa shape index (κ2) is 6.76. The molecule has 0 aliphatic heterocycles. The van der Waals surface area contributed by atoms with E-state index in [0.29, 0.717) is 18.5 Å². The largest absolute Gasteiger partial charge is 0.394 e. The topological polar surface area (TPSA) is 50.1 Å². The summed E-state index contributed by atoms with van der Waals surface area (Å²) in [6.45, 7) is 0.682. The number of nitrogens with zero attached hydrogens (tertiary/aromatic N) is 2. The Labute approximate surface area is 125 Å². The second-order valence-electron chi connectivity index (χ2n) is 5.85. The Bertz CT molecular complexity index is 552. The van der Waals surface area contributed by atoms with E-state index in [9.17, 15) is 0 Å². The molecule has 4 nitrogen and oxygen atoms in total. The van der Waals surface area contributed by atoms with Crippen LogP contribution in [0.4, 0.5) is 5.69 Å². The monoisotopic (exact) mass is 285 g/mol. The van der Waals surface area contributed by atoms with Gasteiger partial charge in [-0.2, -0.15) is 5.10 Å². The van der Waals surface area contributed by atoms with Gasteiger partial charge in [-0.3, -0.25) is 4.68 Å². The molecular weight excluding hydrogens is 262 g/mol. The highest BCUT2D eigenvalue weighted by Crippen LogP contribution is 2.31. The molecule has 1 aliphatic carbocycles. The molecule has 1 aromatic heterocycles. The van der Waals surface area contributed by atoms with Gasteiger partial charge in [0.2, 0.25) is 0 Å². The Morgan fingerprint density at radius 3 is 2.90 bits per heavy atom. The summed E-state index contributed by atoms with van der Waals surface area (Å²) in [7, 11) is 0. The first kappa shape index (κ1) is 14.1. The summed E-state index contributed by atoms with van der Waals surface area (Å²) in [6, 6.07) is 11.3. The maximum Gasteiger partial charge on any atom is 0.0728 e. The van der Waals surface area contributed by atoms with E-state index in [4.69, 9.17) is 5.11 Å². The van der Waals surface area contributed by atoms with Crippen molar-refractivity contribution in [2.24, 2.45) is 5.92 Å². The molecule has 2 N–H and O–H groups in total. The van der Waals surface area contributed by atoms with Gasteiger partial charge in [0.25, 0.3) is 0 Å². The van der Waals surface area contributed by atoms with Gasteiger partial charge in [0.1, 0.15) is 0 Å². The number of rotatable bonds is 6. The molecule has 4 heteroatoms. The normalized spacial score (nSPS) is 21.6. The number of hydrogen-bond donors (Lipinski definition) is 2. The van der Waals surface area contributed by atoms with Gasteiger partial charge < -0.3 is 10.4 Å². The Balaban J connectivity index is 1.61. The third kappa shape index (κ3) is 3.64. The fraction of sp³-hybridized carbons (Fsp3) is 0.471. The molecule has 1 heterocycles. The van der Waals surface area contributed by atoms with Gasteiger partial charge in [0.15, 0.2) is 0 Å². The van der Waals surface area contributed by atoms with Crippen molar-refractivity contribution in [3.05, 3.63) is 48.3 Å². The van der Waals surface area contributed by atoms with Crippen molar-refractivity contribution in [2.45, 2.75) is 38.3 Å². The fourth-order valence-corrected chi connectivity index (χ4v) is 3.26. The van der Waals surface area contributed by atoms with Crippen LogP contribution in [0.2, 0.25) is 0 Å². The fourth-order valence-electron chi connectivity index (χ4n) is 3.26. The first-order valence-electron chi connectivity index (χ1n) is 7.79. The number of benzene rings is 1. The molecule has 1 saturated carbocycles. The zero-order valence-electron chi connectivity index (χ0n) is 12.3. The average molecular weight is 285 g/mol. The molecule has 1 aliphatic rings. The highest BCUT2D eigenvalue weighted by molar-refractivity contribution is 5.40. The lowest BCUT2D eigenvalue weighted by Gasteiger charge is -2.21. The Hall–Kier alpha value is -1.81. The molecular formula is C17H23N3O. The molecule has 1 fully saturated rings. The van der Waals surface area contributed by atoms with Crippen LogP contribution in [0.3, 0.4) is 0 Å². The van der Waals surface area contributed by atoms with E-state index in [0.717, 1.165) is 12.1 Å². The molecule has 0 bridgehead atoms. The summed E-state index contributed by atoms with van der Waals surface area (Å²) in [5, 5.41) is 16.8. The summed E-state index contributed by atoms with van der Waals surface area (Å²) < 4.78 is 1.78. The average Bonchev–Trinajstić information content (AvgIpc) is 3.11. The summed E-state index contributed by atoms with van der Waals surface area (Å²) in [4.78, 5) is 0.